The molecule has 96 valence electrons. The zero-order chi connectivity index (χ0) is 12.8. The van der Waals surface area contributed by atoms with E-state index in [-0.39, 0.29) is 13.2 Å². The van der Waals surface area contributed by atoms with Gasteiger partial charge in [-0.05, 0) is 20.3 Å². The molecule has 0 saturated heterocycles. The molecule has 0 radical (unpaired) electrons. The Morgan fingerprint density at radius 3 is 2.44 bits per heavy atom. The predicted octanol–water partition coefficient (Wildman–Crippen LogP) is -0.272. The molecule has 7 nitrogen and oxygen atoms in total. The molecule has 0 aromatic carbocycles. The minimum Gasteiger partial charge on any atom is -0.449 e. The van der Waals surface area contributed by atoms with Crippen LogP contribution in [-0.2, 0) is 14.9 Å². The first-order chi connectivity index (χ1) is 7.22. The lowest BCUT2D eigenvalue weighted by Crippen LogP contribution is -2.46. The molecule has 1 amide bonds. The summed E-state index contributed by atoms with van der Waals surface area (Å²) in [4.78, 5) is 10.8. The molecule has 0 aromatic rings. The largest absolute Gasteiger partial charge is 0.449 e. The van der Waals surface area contributed by atoms with Crippen LogP contribution in [0.15, 0.2) is 0 Å². The average molecular weight is 254 g/mol. The zero-order valence-corrected chi connectivity index (χ0v) is 10.4. The standard InChI is InChI=1S/C8H18N2O5S/c1-4-8(3,12)6-9-16(13,14)10-7(11)15-5-2/h9,12H,4-6H2,1-3H3,(H,10,11). The van der Waals surface area contributed by atoms with E-state index in [1.807, 2.05) is 4.72 Å². The first kappa shape index (κ1) is 15.1. The van der Waals surface area contributed by atoms with E-state index in [4.69, 9.17) is 0 Å². The number of nitrogens with one attached hydrogen (secondary N) is 2. The number of hydrogen-bond acceptors (Lipinski definition) is 5. The number of carbonyl (C=O) groups excluding carboxylic acids is 1. The number of ether oxygens (including phenoxy) is 1. The quantitative estimate of drug-likeness (QED) is 0.605. The molecule has 3 N–H and O–H groups in total. The topological polar surface area (TPSA) is 105 Å². The Morgan fingerprint density at radius 1 is 1.44 bits per heavy atom. The van der Waals surface area contributed by atoms with Crippen molar-refractivity contribution >= 4 is 16.3 Å². The third kappa shape index (κ3) is 6.59. The van der Waals surface area contributed by atoms with Crippen molar-refractivity contribution in [3.05, 3.63) is 0 Å². The zero-order valence-electron chi connectivity index (χ0n) is 9.61. The van der Waals surface area contributed by atoms with Gasteiger partial charge in [0.05, 0.1) is 12.2 Å². The summed E-state index contributed by atoms with van der Waals surface area (Å²) < 4.78 is 30.6. The maximum Gasteiger partial charge on any atom is 0.421 e. The smallest absolute Gasteiger partial charge is 0.421 e. The molecule has 16 heavy (non-hydrogen) atoms. The summed E-state index contributed by atoms with van der Waals surface area (Å²) in [5.74, 6) is 0. The highest BCUT2D eigenvalue weighted by molar-refractivity contribution is 7.88. The molecule has 0 fully saturated rings. The summed E-state index contributed by atoms with van der Waals surface area (Å²) in [7, 11) is -3.98. The maximum absolute atomic E-state index is 11.2. The monoisotopic (exact) mass is 254 g/mol. The first-order valence-electron chi connectivity index (χ1n) is 4.89. The van der Waals surface area contributed by atoms with Gasteiger partial charge in [0.25, 0.3) is 0 Å². The Balaban J connectivity index is 4.21. The summed E-state index contributed by atoms with van der Waals surface area (Å²) in [6.45, 7) is 4.65. The Bertz CT molecular complexity index is 325. The lowest BCUT2D eigenvalue weighted by molar-refractivity contribution is 0.0612. The fourth-order valence-electron chi connectivity index (χ4n) is 0.682. The molecule has 0 aliphatic rings. The van der Waals surface area contributed by atoms with Gasteiger partial charge in [0.2, 0.25) is 0 Å². The van der Waals surface area contributed by atoms with E-state index in [1.54, 1.807) is 18.6 Å². The van der Waals surface area contributed by atoms with Gasteiger partial charge in [-0.3, -0.25) is 0 Å². The lowest BCUT2D eigenvalue weighted by atomic mass is 10.1. The normalized spacial score (nSPS) is 15.2. The van der Waals surface area contributed by atoms with E-state index in [0.717, 1.165) is 0 Å². The van der Waals surface area contributed by atoms with Gasteiger partial charge in [0, 0.05) is 6.54 Å². The van der Waals surface area contributed by atoms with E-state index in [2.05, 4.69) is 4.74 Å². The predicted molar refractivity (Wildman–Crippen MR) is 58.0 cm³/mol. The van der Waals surface area contributed by atoms with Crippen LogP contribution in [0.3, 0.4) is 0 Å². The highest BCUT2D eigenvalue weighted by Gasteiger charge is 2.22. The molecule has 0 bridgehead atoms. The van der Waals surface area contributed by atoms with Gasteiger partial charge in [0.1, 0.15) is 0 Å². The minimum atomic E-state index is -3.98. The van der Waals surface area contributed by atoms with Gasteiger partial charge in [0.15, 0.2) is 0 Å². The van der Waals surface area contributed by atoms with E-state index < -0.39 is 21.9 Å². The number of carbonyl (C=O) groups is 1. The van der Waals surface area contributed by atoms with E-state index in [1.165, 1.54) is 6.92 Å². The Labute approximate surface area is 95.4 Å². The van der Waals surface area contributed by atoms with Crippen LogP contribution in [0.2, 0.25) is 0 Å². The van der Waals surface area contributed by atoms with Crippen LogP contribution >= 0.6 is 0 Å². The van der Waals surface area contributed by atoms with Crippen molar-refractivity contribution in [2.45, 2.75) is 32.8 Å². The molecule has 0 aromatic heterocycles. The summed E-state index contributed by atoms with van der Waals surface area (Å²) in [5.41, 5.74) is -1.15. The summed E-state index contributed by atoms with van der Waals surface area (Å²) in [5, 5.41) is 9.55. The van der Waals surface area contributed by atoms with Crippen LogP contribution in [0, 0.1) is 0 Å². The molecule has 0 heterocycles. The molecule has 1 unspecified atom stereocenters. The number of rotatable bonds is 6. The van der Waals surface area contributed by atoms with Gasteiger partial charge in [-0.2, -0.15) is 13.1 Å². The first-order valence-corrected chi connectivity index (χ1v) is 6.37. The third-order valence-electron chi connectivity index (χ3n) is 1.90. The molecule has 0 aliphatic heterocycles. The van der Waals surface area contributed by atoms with Crippen molar-refractivity contribution in [3.63, 3.8) is 0 Å². The number of hydrogen-bond donors (Lipinski definition) is 3. The van der Waals surface area contributed by atoms with Crippen molar-refractivity contribution in [3.8, 4) is 0 Å². The second kappa shape index (κ2) is 6.02. The summed E-state index contributed by atoms with van der Waals surface area (Å²) >= 11 is 0. The molecule has 0 aliphatic carbocycles. The second-order valence-electron chi connectivity index (χ2n) is 3.50. The fraction of sp³-hybridized carbons (Fsp3) is 0.875. The molecule has 0 rings (SSSR count). The fourth-order valence-corrected chi connectivity index (χ4v) is 1.53. The highest BCUT2D eigenvalue weighted by Crippen LogP contribution is 2.06. The molecule has 0 spiro atoms. The van der Waals surface area contributed by atoms with Crippen LogP contribution in [0.5, 0.6) is 0 Å². The van der Waals surface area contributed by atoms with Gasteiger partial charge in [-0.25, -0.2) is 9.52 Å². The van der Waals surface area contributed by atoms with E-state index in [9.17, 15) is 18.3 Å². The average Bonchev–Trinajstić information content (AvgIpc) is 2.15. The Hall–Kier alpha value is -0.860. The van der Waals surface area contributed by atoms with Crippen LogP contribution in [0.1, 0.15) is 27.2 Å². The van der Waals surface area contributed by atoms with Gasteiger partial charge in [-0.15, -0.1) is 0 Å². The highest BCUT2D eigenvalue weighted by atomic mass is 32.2. The number of amides is 1. The molecule has 1 atom stereocenters. The number of aliphatic hydroxyl groups is 1. The van der Waals surface area contributed by atoms with E-state index >= 15 is 0 Å². The van der Waals surface area contributed by atoms with Crippen molar-refractivity contribution in [2.75, 3.05) is 13.2 Å². The lowest BCUT2D eigenvalue weighted by Gasteiger charge is -2.21. The molecular formula is C8H18N2O5S. The SMILES string of the molecule is CCOC(=O)NS(=O)(=O)NCC(C)(O)CC. The van der Waals surface area contributed by atoms with Gasteiger partial charge >= 0.3 is 16.3 Å². The Morgan fingerprint density at radius 2 is 2.00 bits per heavy atom. The van der Waals surface area contributed by atoms with E-state index in [0.29, 0.717) is 6.42 Å². The molecule has 8 heteroatoms. The minimum absolute atomic E-state index is 0.0774. The van der Waals surface area contributed by atoms with Gasteiger partial charge < -0.3 is 9.84 Å². The summed E-state index contributed by atoms with van der Waals surface area (Å²) in [6, 6.07) is 0. The second-order valence-corrected chi connectivity index (χ2v) is 5.00. The maximum atomic E-state index is 11.2. The molecule has 0 saturated carbocycles. The van der Waals surface area contributed by atoms with Crippen molar-refractivity contribution in [1.82, 2.24) is 9.44 Å². The van der Waals surface area contributed by atoms with Crippen LogP contribution < -0.4 is 9.44 Å². The Kier molecular flexibility index (Phi) is 5.70. The third-order valence-corrected chi connectivity index (χ3v) is 2.86. The van der Waals surface area contributed by atoms with Gasteiger partial charge in [-0.1, -0.05) is 6.92 Å². The van der Waals surface area contributed by atoms with Crippen molar-refractivity contribution in [1.29, 1.82) is 0 Å². The molecular weight excluding hydrogens is 236 g/mol. The van der Waals surface area contributed by atoms with Crippen LogP contribution in [0.4, 0.5) is 4.79 Å². The van der Waals surface area contributed by atoms with Crippen LogP contribution in [0.25, 0.3) is 0 Å². The van der Waals surface area contributed by atoms with Crippen LogP contribution in [-0.4, -0.2) is 38.4 Å². The summed E-state index contributed by atoms with van der Waals surface area (Å²) in [6.07, 6.45) is -0.666. The van der Waals surface area contributed by atoms with Crippen molar-refractivity contribution in [2.24, 2.45) is 0 Å². The van der Waals surface area contributed by atoms with Crippen molar-refractivity contribution < 1.29 is 23.1 Å².